The highest BCUT2D eigenvalue weighted by atomic mass is 16.5. The molecule has 1 fully saturated rings. The summed E-state index contributed by atoms with van der Waals surface area (Å²) in [6.07, 6.45) is 4.92. The van der Waals surface area contributed by atoms with E-state index >= 15 is 0 Å². The molecule has 4 rings (SSSR count). The summed E-state index contributed by atoms with van der Waals surface area (Å²) >= 11 is 0. The van der Waals surface area contributed by atoms with Crippen molar-refractivity contribution in [2.75, 3.05) is 25.0 Å². The maximum Gasteiger partial charge on any atom is 0.321 e. The zero-order chi connectivity index (χ0) is 24.6. The number of anilines is 1. The molecule has 8 nitrogen and oxygen atoms in total. The van der Waals surface area contributed by atoms with Gasteiger partial charge >= 0.3 is 6.03 Å². The van der Waals surface area contributed by atoms with Crippen LogP contribution in [0.5, 0.6) is 5.75 Å². The van der Waals surface area contributed by atoms with Gasteiger partial charge in [-0.3, -0.25) is 14.8 Å². The molecule has 3 amide bonds. The van der Waals surface area contributed by atoms with E-state index < -0.39 is 0 Å². The van der Waals surface area contributed by atoms with Crippen molar-refractivity contribution in [3.05, 3.63) is 83.4 Å². The number of piperidine rings is 1. The minimum Gasteiger partial charge on any atom is -0.492 e. The van der Waals surface area contributed by atoms with Crippen LogP contribution in [-0.2, 0) is 6.54 Å². The molecule has 3 heterocycles. The van der Waals surface area contributed by atoms with Crippen molar-refractivity contribution >= 4 is 17.6 Å². The zero-order valence-corrected chi connectivity index (χ0v) is 20.2. The van der Waals surface area contributed by atoms with Gasteiger partial charge in [0, 0.05) is 43.6 Å². The number of urea groups is 1. The lowest BCUT2D eigenvalue weighted by molar-refractivity contribution is 0.0948. The number of carbonyl (C=O) groups excluding carboxylic acids is 2. The van der Waals surface area contributed by atoms with E-state index in [1.807, 2.05) is 62.4 Å². The molecule has 35 heavy (non-hydrogen) atoms. The Bertz CT molecular complexity index is 1160. The van der Waals surface area contributed by atoms with Gasteiger partial charge in [-0.25, -0.2) is 4.79 Å². The number of amides is 3. The molecule has 1 aliphatic rings. The van der Waals surface area contributed by atoms with Crippen molar-refractivity contribution in [1.82, 2.24) is 20.2 Å². The molecule has 1 aromatic carbocycles. The fraction of sp³-hybridized carbons (Fsp3) is 0.333. The van der Waals surface area contributed by atoms with E-state index in [4.69, 9.17) is 9.72 Å². The number of benzene rings is 1. The Balaban J connectivity index is 1.39. The Morgan fingerprint density at radius 3 is 2.63 bits per heavy atom. The normalized spacial score (nSPS) is 13.8. The van der Waals surface area contributed by atoms with Gasteiger partial charge in [-0.15, -0.1) is 0 Å². The summed E-state index contributed by atoms with van der Waals surface area (Å²) in [4.78, 5) is 36.5. The molecule has 3 aromatic rings. The topological polar surface area (TPSA) is 96.5 Å². The van der Waals surface area contributed by atoms with Crippen molar-refractivity contribution < 1.29 is 14.3 Å². The molecule has 1 saturated heterocycles. The van der Waals surface area contributed by atoms with Crippen LogP contribution in [0.4, 0.5) is 10.5 Å². The smallest absolute Gasteiger partial charge is 0.321 e. The van der Waals surface area contributed by atoms with Crippen LogP contribution in [0.15, 0.2) is 60.9 Å². The van der Waals surface area contributed by atoms with E-state index in [1.165, 1.54) is 0 Å². The Morgan fingerprint density at radius 1 is 1.09 bits per heavy atom. The number of hydrogen-bond acceptors (Lipinski definition) is 5. The van der Waals surface area contributed by atoms with Gasteiger partial charge in [0.15, 0.2) is 0 Å². The number of pyridine rings is 2. The molecule has 0 aliphatic carbocycles. The molecular weight excluding hydrogens is 442 g/mol. The second-order valence-corrected chi connectivity index (χ2v) is 8.55. The van der Waals surface area contributed by atoms with Crippen molar-refractivity contribution in [3.63, 3.8) is 0 Å². The van der Waals surface area contributed by atoms with Crippen LogP contribution in [-0.4, -0.2) is 46.5 Å². The highest BCUT2D eigenvalue weighted by Crippen LogP contribution is 2.30. The molecule has 0 spiro atoms. The van der Waals surface area contributed by atoms with Crippen LogP contribution in [0.2, 0.25) is 0 Å². The molecule has 0 unspecified atom stereocenters. The largest absolute Gasteiger partial charge is 0.492 e. The van der Waals surface area contributed by atoms with Crippen molar-refractivity contribution in [2.45, 2.75) is 39.2 Å². The summed E-state index contributed by atoms with van der Waals surface area (Å²) < 4.78 is 5.61. The fourth-order valence-corrected chi connectivity index (χ4v) is 4.26. The summed E-state index contributed by atoms with van der Waals surface area (Å²) in [6.45, 7) is 5.94. The quantitative estimate of drug-likeness (QED) is 0.526. The third-order valence-electron chi connectivity index (χ3n) is 6.08. The van der Waals surface area contributed by atoms with E-state index in [9.17, 15) is 9.59 Å². The first-order valence-electron chi connectivity index (χ1n) is 12.0. The standard InChI is InChI=1S/C27H31N5O3/c1-3-35-24-9-5-4-8-23(24)31-27(34)32-15-12-21(13-16-32)25-22(11-10-19(2)30-25)26(33)29-18-20-7-6-14-28-17-20/h4-11,14,17,21H,3,12-13,15-16,18H2,1-2H3,(H,29,33)(H,31,34). The van der Waals surface area contributed by atoms with E-state index in [0.29, 0.717) is 43.2 Å². The van der Waals surface area contributed by atoms with E-state index in [1.54, 1.807) is 17.3 Å². The number of nitrogens with zero attached hydrogens (tertiary/aromatic N) is 3. The molecule has 182 valence electrons. The summed E-state index contributed by atoms with van der Waals surface area (Å²) in [5.41, 5.74) is 3.86. The second-order valence-electron chi connectivity index (χ2n) is 8.55. The monoisotopic (exact) mass is 473 g/mol. The Labute approximate surface area is 205 Å². The van der Waals surface area contributed by atoms with Crippen LogP contribution in [0, 0.1) is 6.92 Å². The molecule has 0 radical (unpaired) electrons. The lowest BCUT2D eigenvalue weighted by Gasteiger charge is -2.32. The van der Waals surface area contributed by atoms with Gasteiger partial charge in [-0.05, 0) is 62.6 Å². The molecule has 0 saturated carbocycles. The van der Waals surface area contributed by atoms with Crippen molar-refractivity contribution in [1.29, 1.82) is 0 Å². The molecule has 0 atom stereocenters. The molecular formula is C27H31N5O3. The number of nitrogens with one attached hydrogen (secondary N) is 2. The Kier molecular flexibility index (Phi) is 7.92. The number of likely N-dealkylation sites (tertiary alicyclic amines) is 1. The predicted molar refractivity (Wildman–Crippen MR) is 135 cm³/mol. The summed E-state index contributed by atoms with van der Waals surface area (Å²) in [7, 11) is 0. The highest BCUT2D eigenvalue weighted by Gasteiger charge is 2.28. The number of aryl methyl sites for hydroxylation is 1. The number of para-hydroxylation sites is 2. The number of rotatable bonds is 7. The fourth-order valence-electron chi connectivity index (χ4n) is 4.26. The maximum absolute atomic E-state index is 13.0. The third kappa shape index (κ3) is 6.15. The highest BCUT2D eigenvalue weighted by molar-refractivity contribution is 5.95. The van der Waals surface area contributed by atoms with Gasteiger partial charge in [-0.2, -0.15) is 0 Å². The van der Waals surface area contributed by atoms with Gasteiger partial charge in [0.25, 0.3) is 5.91 Å². The lowest BCUT2D eigenvalue weighted by Crippen LogP contribution is -2.41. The average molecular weight is 474 g/mol. The van der Waals surface area contributed by atoms with Gasteiger partial charge in [0.2, 0.25) is 0 Å². The summed E-state index contributed by atoms with van der Waals surface area (Å²) in [5.74, 6) is 0.613. The van der Waals surface area contributed by atoms with Crippen LogP contribution >= 0.6 is 0 Å². The van der Waals surface area contributed by atoms with E-state index in [2.05, 4.69) is 15.6 Å². The minimum atomic E-state index is -0.151. The number of hydrogen-bond donors (Lipinski definition) is 2. The SMILES string of the molecule is CCOc1ccccc1NC(=O)N1CCC(c2nc(C)ccc2C(=O)NCc2cccnc2)CC1. The first kappa shape index (κ1) is 24.2. The molecule has 1 aliphatic heterocycles. The average Bonchev–Trinajstić information content (AvgIpc) is 2.89. The van der Waals surface area contributed by atoms with Crippen LogP contribution < -0.4 is 15.4 Å². The van der Waals surface area contributed by atoms with Crippen molar-refractivity contribution in [3.8, 4) is 5.75 Å². The second kappa shape index (κ2) is 11.5. The number of ether oxygens (including phenoxy) is 1. The summed E-state index contributed by atoms with van der Waals surface area (Å²) in [6, 6.07) is 14.8. The molecule has 0 bridgehead atoms. The first-order valence-corrected chi connectivity index (χ1v) is 12.0. The molecule has 8 heteroatoms. The van der Waals surface area contributed by atoms with Crippen LogP contribution in [0.1, 0.15) is 53.0 Å². The zero-order valence-electron chi connectivity index (χ0n) is 20.2. The van der Waals surface area contributed by atoms with E-state index in [-0.39, 0.29) is 17.9 Å². The van der Waals surface area contributed by atoms with Gasteiger partial charge < -0.3 is 20.3 Å². The predicted octanol–water partition coefficient (Wildman–Crippen LogP) is 4.53. The number of carbonyl (C=O) groups is 2. The van der Waals surface area contributed by atoms with Gasteiger partial charge in [0.05, 0.1) is 23.6 Å². The van der Waals surface area contributed by atoms with E-state index in [0.717, 1.165) is 29.8 Å². The first-order chi connectivity index (χ1) is 17.0. The van der Waals surface area contributed by atoms with Crippen molar-refractivity contribution in [2.24, 2.45) is 0 Å². The van der Waals surface area contributed by atoms with Gasteiger partial charge in [0.1, 0.15) is 5.75 Å². The Hall–Kier alpha value is -3.94. The number of aromatic nitrogens is 2. The van der Waals surface area contributed by atoms with Gasteiger partial charge in [-0.1, -0.05) is 18.2 Å². The minimum absolute atomic E-state index is 0.105. The molecule has 2 N–H and O–H groups in total. The molecule has 2 aromatic heterocycles. The van der Waals surface area contributed by atoms with Crippen LogP contribution in [0.3, 0.4) is 0 Å². The van der Waals surface area contributed by atoms with Crippen LogP contribution in [0.25, 0.3) is 0 Å². The summed E-state index contributed by atoms with van der Waals surface area (Å²) in [5, 5.41) is 5.95. The lowest BCUT2D eigenvalue weighted by atomic mass is 9.90. The third-order valence-corrected chi connectivity index (χ3v) is 6.08. The Morgan fingerprint density at radius 2 is 1.89 bits per heavy atom. The maximum atomic E-state index is 13.0.